The average molecular weight is 299 g/mol. The molecule has 114 valence electrons. The van der Waals surface area contributed by atoms with Gasteiger partial charge in [0.2, 0.25) is 10.0 Å². The van der Waals surface area contributed by atoms with Gasteiger partial charge in [-0.3, -0.25) is 0 Å². The molecule has 0 radical (unpaired) electrons. The van der Waals surface area contributed by atoms with Gasteiger partial charge < -0.3 is 10.6 Å². The van der Waals surface area contributed by atoms with Gasteiger partial charge in [-0.2, -0.15) is 0 Å². The second-order valence-electron chi connectivity index (χ2n) is 4.91. The van der Waals surface area contributed by atoms with E-state index in [1.807, 2.05) is 12.1 Å². The minimum Gasteiger partial charge on any atom is -0.371 e. The molecule has 0 atom stereocenters. The predicted molar refractivity (Wildman–Crippen MR) is 83.5 cm³/mol. The minimum absolute atomic E-state index is 0.321. The average Bonchev–Trinajstić information content (AvgIpc) is 2.43. The highest BCUT2D eigenvalue weighted by atomic mass is 32.2. The van der Waals surface area contributed by atoms with Crippen LogP contribution in [0.4, 0.5) is 5.69 Å². The van der Waals surface area contributed by atoms with Gasteiger partial charge in [0.1, 0.15) is 0 Å². The van der Waals surface area contributed by atoms with Crippen molar-refractivity contribution in [1.29, 1.82) is 0 Å². The van der Waals surface area contributed by atoms with Crippen LogP contribution in [-0.4, -0.2) is 46.5 Å². The first-order valence-electron chi connectivity index (χ1n) is 6.91. The molecule has 0 saturated heterocycles. The molecule has 0 saturated carbocycles. The number of anilines is 1. The lowest BCUT2D eigenvalue weighted by Gasteiger charge is -2.24. The number of sulfonamides is 1. The van der Waals surface area contributed by atoms with Crippen LogP contribution < -0.4 is 10.6 Å². The van der Waals surface area contributed by atoms with Crippen LogP contribution in [0.25, 0.3) is 0 Å². The molecule has 5 nitrogen and oxygen atoms in total. The molecular formula is C14H25N3O2S. The van der Waals surface area contributed by atoms with Crippen molar-refractivity contribution in [1.82, 2.24) is 4.31 Å². The molecule has 1 aromatic rings. The number of benzene rings is 1. The normalized spacial score (nSPS) is 11.8. The summed E-state index contributed by atoms with van der Waals surface area (Å²) in [7, 11) is -0.283. The van der Waals surface area contributed by atoms with Crippen LogP contribution >= 0.6 is 0 Å². The monoisotopic (exact) mass is 299 g/mol. The molecule has 0 unspecified atom stereocenters. The summed E-state index contributed by atoms with van der Waals surface area (Å²) in [6, 6.07) is 7.05. The molecule has 0 bridgehead atoms. The molecule has 0 aromatic heterocycles. The Balaban J connectivity index is 2.93. The second kappa shape index (κ2) is 7.61. The van der Waals surface area contributed by atoms with Crippen molar-refractivity contribution in [2.45, 2.75) is 24.7 Å². The molecule has 6 heteroatoms. The van der Waals surface area contributed by atoms with Crippen molar-refractivity contribution in [3.8, 4) is 0 Å². The molecule has 1 rings (SSSR count). The van der Waals surface area contributed by atoms with Gasteiger partial charge in [0, 0.05) is 32.9 Å². The first-order chi connectivity index (χ1) is 9.43. The fourth-order valence-electron chi connectivity index (χ4n) is 1.96. The van der Waals surface area contributed by atoms with Crippen LogP contribution in [0.1, 0.15) is 19.8 Å². The molecule has 1 aromatic carbocycles. The highest BCUT2D eigenvalue weighted by Crippen LogP contribution is 2.20. The van der Waals surface area contributed by atoms with E-state index in [0.29, 0.717) is 11.4 Å². The van der Waals surface area contributed by atoms with Crippen molar-refractivity contribution in [2.24, 2.45) is 5.73 Å². The molecule has 0 amide bonds. The molecule has 2 N–H and O–H groups in total. The predicted octanol–water partition coefficient (Wildman–Crippen LogP) is 1.50. The lowest BCUT2D eigenvalue weighted by atomic mass is 10.2. The molecule has 0 aliphatic carbocycles. The third kappa shape index (κ3) is 4.19. The Morgan fingerprint density at radius 1 is 1.10 bits per heavy atom. The zero-order valence-electron chi connectivity index (χ0n) is 12.5. The topological polar surface area (TPSA) is 66.6 Å². The Morgan fingerprint density at radius 3 is 2.15 bits per heavy atom. The lowest BCUT2D eigenvalue weighted by molar-refractivity contribution is 0.521. The maximum Gasteiger partial charge on any atom is 0.242 e. The van der Waals surface area contributed by atoms with Crippen LogP contribution in [0.15, 0.2) is 29.2 Å². The van der Waals surface area contributed by atoms with Crippen molar-refractivity contribution >= 4 is 15.7 Å². The highest BCUT2D eigenvalue weighted by Gasteiger charge is 2.17. The molecule has 0 spiro atoms. The van der Waals surface area contributed by atoms with Crippen LogP contribution in [-0.2, 0) is 10.0 Å². The Bertz CT molecular complexity index is 498. The first-order valence-corrected chi connectivity index (χ1v) is 8.35. The van der Waals surface area contributed by atoms with Crippen molar-refractivity contribution in [2.75, 3.05) is 38.6 Å². The van der Waals surface area contributed by atoms with Gasteiger partial charge in [-0.1, -0.05) is 6.92 Å². The van der Waals surface area contributed by atoms with Gasteiger partial charge in [-0.25, -0.2) is 12.7 Å². The largest absolute Gasteiger partial charge is 0.371 e. The fourth-order valence-corrected chi connectivity index (χ4v) is 2.86. The molecular weight excluding hydrogens is 274 g/mol. The maximum absolute atomic E-state index is 12.0. The van der Waals surface area contributed by atoms with Crippen molar-refractivity contribution < 1.29 is 8.42 Å². The van der Waals surface area contributed by atoms with Gasteiger partial charge in [-0.05, 0) is 43.7 Å². The second-order valence-corrected chi connectivity index (χ2v) is 7.06. The Kier molecular flexibility index (Phi) is 6.45. The maximum atomic E-state index is 12.0. The number of nitrogens with zero attached hydrogens (tertiary/aromatic N) is 2. The fraction of sp³-hybridized carbons (Fsp3) is 0.571. The summed E-state index contributed by atoms with van der Waals surface area (Å²) in [5.41, 5.74) is 6.59. The zero-order chi connectivity index (χ0) is 15.2. The van der Waals surface area contributed by atoms with Crippen LogP contribution in [0.2, 0.25) is 0 Å². The molecule has 0 fully saturated rings. The number of rotatable bonds is 8. The number of hydrogen-bond acceptors (Lipinski definition) is 4. The van der Waals surface area contributed by atoms with Crippen molar-refractivity contribution in [3.63, 3.8) is 0 Å². The summed E-state index contributed by atoms with van der Waals surface area (Å²) in [4.78, 5) is 2.56. The summed E-state index contributed by atoms with van der Waals surface area (Å²) >= 11 is 0. The van der Waals surface area contributed by atoms with E-state index in [-0.39, 0.29) is 0 Å². The smallest absolute Gasteiger partial charge is 0.242 e. The van der Waals surface area contributed by atoms with Gasteiger partial charge in [0.25, 0.3) is 0 Å². The third-order valence-electron chi connectivity index (χ3n) is 3.11. The van der Waals surface area contributed by atoms with E-state index in [4.69, 9.17) is 5.73 Å². The van der Waals surface area contributed by atoms with Gasteiger partial charge >= 0.3 is 0 Å². The van der Waals surface area contributed by atoms with E-state index >= 15 is 0 Å². The summed E-state index contributed by atoms with van der Waals surface area (Å²) in [5.74, 6) is 0. The van der Waals surface area contributed by atoms with Crippen LogP contribution in [0, 0.1) is 0 Å². The van der Waals surface area contributed by atoms with E-state index in [1.165, 1.54) is 18.4 Å². The molecule has 0 aliphatic heterocycles. The summed E-state index contributed by atoms with van der Waals surface area (Å²) in [6.45, 7) is 4.62. The number of hydrogen-bond donors (Lipinski definition) is 1. The van der Waals surface area contributed by atoms with Crippen LogP contribution in [0.5, 0.6) is 0 Å². The summed E-state index contributed by atoms with van der Waals surface area (Å²) in [5, 5.41) is 0. The SMILES string of the molecule is CCCN(CCCN)c1ccc(S(=O)(=O)N(C)C)cc1. The first kappa shape index (κ1) is 16.9. The summed E-state index contributed by atoms with van der Waals surface area (Å²) in [6.07, 6.45) is 1.97. The quantitative estimate of drug-likeness (QED) is 0.790. The highest BCUT2D eigenvalue weighted by molar-refractivity contribution is 7.89. The molecule has 20 heavy (non-hydrogen) atoms. The van der Waals surface area contributed by atoms with E-state index in [1.54, 1.807) is 12.1 Å². The van der Waals surface area contributed by atoms with Gasteiger partial charge in [0.15, 0.2) is 0 Å². The van der Waals surface area contributed by atoms with E-state index in [9.17, 15) is 8.42 Å². The zero-order valence-corrected chi connectivity index (χ0v) is 13.4. The standard InChI is InChI=1S/C14H25N3O2S/c1-4-11-17(12-5-10-15)13-6-8-14(9-7-13)20(18,19)16(2)3/h6-9H,4-5,10-12,15H2,1-3H3. The van der Waals surface area contributed by atoms with E-state index in [0.717, 1.165) is 31.6 Å². The van der Waals surface area contributed by atoms with Gasteiger partial charge in [0.05, 0.1) is 4.90 Å². The minimum atomic E-state index is -3.35. The number of nitrogens with two attached hydrogens (primary N) is 1. The molecule has 0 heterocycles. The van der Waals surface area contributed by atoms with E-state index < -0.39 is 10.0 Å². The van der Waals surface area contributed by atoms with E-state index in [2.05, 4.69) is 11.8 Å². The Morgan fingerprint density at radius 2 is 1.70 bits per heavy atom. The Hall–Kier alpha value is -1.11. The van der Waals surface area contributed by atoms with Crippen LogP contribution in [0.3, 0.4) is 0 Å². The molecule has 0 aliphatic rings. The summed E-state index contributed by atoms with van der Waals surface area (Å²) < 4.78 is 25.2. The third-order valence-corrected chi connectivity index (χ3v) is 4.94. The van der Waals surface area contributed by atoms with Gasteiger partial charge in [-0.15, -0.1) is 0 Å². The Labute approximate surface area is 122 Å². The lowest BCUT2D eigenvalue weighted by Crippen LogP contribution is -2.27. The van der Waals surface area contributed by atoms with Crippen molar-refractivity contribution in [3.05, 3.63) is 24.3 Å².